The van der Waals surface area contributed by atoms with Crippen molar-refractivity contribution in [3.05, 3.63) is 65.2 Å². The molecule has 0 aliphatic rings. The minimum Gasteiger partial charge on any atom is -0.427 e. The Hall–Kier alpha value is -2.09. The third-order valence-corrected chi connectivity index (χ3v) is 4.57. The Morgan fingerprint density at radius 2 is 1.21 bits per heavy atom. The van der Waals surface area contributed by atoms with Crippen molar-refractivity contribution in [2.75, 3.05) is 0 Å². The molecule has 24 heavy (non-hydrogen) atoms. The molecule has 2 heteroatoms. The molecule has 0 saturated heterocycles. The Balaban J connectivity index is 2.24. The number of rotatable bonds is 4. The number of ether oxygens (including phenoxy) is 1. The smallest absolute Gasteiger partial charge is 0.310 e. The highest BCUT2D eigenvalue weighted by atomic mass is 16.5. The lowest BCUT2D eigenvalue weighted by molar-refractivity contribution is -0.134. The average Bonchev–Trinajstić information content (AvgIpc) is 2.54. The van der Waals surface area contributed by atoms with Crippen LogP contribution in [0.4, 0.5) is 0 Å². The number of esters is 1. The molecular weight excluding hydrogens is 296 g/mol. The first kappa shape index (κ1) is 18.3. The van der Waals surface area contributed by atoms with Crippen molar-refractivity contribution < 1.29 is 9.53 Å². The van der Waals surface area contributed by atoms with E-state index in [1.165, 1.54) is 16.7 Å². The first-order valence-corrected chi connectivity index (χ1v) is 8.57. The molecule has 2 nitrogen and oxygen atoms in total. The van der Waals surface area contributed by atoms with Gasteiger partial charge in [0.05, 0.1) is 0 Å². The molecule has 0 aliphatic carbocycles. The van der Waals surface area contributed by atoms with Crippen molar-refractivity contribution in [3.8, 4) is 5.75 Å². The average molecular weight is 324 g/mol. The summed E-state index contributed by atoms with van der Waals surface area (Å²) in [5.41, 5.74) is 3.86. The van der Waals surface area contributed by atoms with Crippen LogP contribution >= 0.6 is 0 Å². The Kier molecular flexibility index (Phi) is 5.17. The summed E-state index contributed by atoms with van der Waals surface area (Å²) in [6.07, 6.45) is 0.382. The van der Waals surface area contributed by atoms with Gasteiger partial charge >= 0.3 is 5.97 Å². The van der Waals surface area contributed by atoms with Gasteiger partial charge in [-0.15, -0.1) is 0 Å². The summed E-state index contributed by atoms with van der Waals surface area (Å²) in [5, 5.41) is 0. The molecule has 0 amide bonds. The van der Waals surface area contributed by atoms with E-state index in [2.05, 4.69) is 58.9 Å². The lowest BCUT2D eigenvalue weighted by Crippen LogP contribution is -2.19. The lowest BCUT2D eigenvalue weighted by atomic mass is 9.77. The molecule has 2 rings (SSSR count). The van der Waals surface area contributed by atoms with Gasteiger partial charge in [-0.05, 0) is 34.2 Å². The van der Waals surface area contributed by atoms with Crippen LogP contribution in [0.25, 0.3) is 0 Å². The van der Waals surface area contributed by atoms with E-state index in [1.54, 1.807) is 6.92 Å². The van der Waals surface area contributed by atoms with Gasteiger partial charge in [0, 0.05) is 11.8 Å². The highest BCUT2D eigenvalue weighted by Crippen LogP contribution is 2.33. The Morgan fingerprint density at radius 1 is 0.792 bits per heavy atom. The fourth-order valence-corrected chi connectivity index (χ4v) is 2.70. The monoisotopic (exact) mass is 324 g/mol. The predicted octanol–water partition coefficient (Wildman–Crippen LogP) is 5.63. The summed E-state index contributed by atoms with van der Waals surface area (Å²) in [6.45, 7) is 12.9. The molecular formula is C22H28O2. The number of hydrogen-bond acceptors (Lipinski definition) is 2. The molecule has 0 saturated carbocycles. The summed E-state index contributed by atoms with van der Waals surface area (Å²) in [7, 11) is 0. The van der Waals surface area contributed by atoms with Crippen molar-refractivity contribution in [1.29, 1.82) is 0 Å². The number of benzene rings is 2. The van der Waals surface area contributed by atoms with Crippen LogP contribution in [0.15, 0.2) is 48.5 Å². The number of hydrogen-bond donors (Lipinski definition) is 0. The van der Waals surface area contributed by atoms with Crippen LogP contribution in [0.5, 0.6) is 5.75 Å². The van der Waals surface area contributed by atoms with Crippen LogP contribution in [0.1, 0.15) is 64.7 Å². The molecule has 0 aliphatic heterocycles. The standard InChI is InChI=1S/C22H28O2/c1-7-20(23)24-19-14-12-18(13-15-19)22(5,6)17-10-8-16(9-11-17)21(2,3)4/h8-15H,7H2,1-6H3. The first-order valence-electron chi connectivity index (χ1n) is 8.57. The molecule has 0 aromatic heterocycles. The van der Waals surface area contributed by atoms with Gasteiger partial charge in [-0.25, -0.2) is 0 Å². The van der Waals surface area contributed by atoms with E-state index in [0.29, 0.717) is 12.2 Å². The third kappa shape index (κ3) is 4.05. The summed E-state index contributed by atoms with van der Waals surface area (Å²) < 4.78 is 5.25. The maximum absolute atomic E-state index is 11.4. The summed E-state index contributed by atoms with van der Waals surface area (Å²) >= 11 is 0. The fraction of sp³-hybridized carbons (Fsp3) is 0.409. The quantitative estimate of drug-likeness (QED) is 0.538. The Bertz CT molecular complexity index is 686. The van der Waals surface area contributed by atoms with Crippen LogP contribution in [-0.4, -0.2) is 5.97 Å². The van der Waals surface area contributed by atoms with E-state index in [1.807, 2.05) is 24.3 Å². The van der Waals surface area contributed by atoms with Gasteiger partial charge in [-0.3, -0.25) is 4.79 Å². The minimum absolute atomic E-state index is 0.107. The molecule has 0 atom stereocenters. The van der Waals surface area contributed by atoms with Crippen molar-refractivity contribution in [1.82, 2.24) is 0 Å². The number of carbonyl (C=O) groups excluding carboxylic acids is 1. The second-order valence-electron chi connectivity index (χ2n) is 7.80. The zero-order valence-electron chi connectivity index (χ0n) is 15.6. The van der Waals surface area contributed by atoms with E-state index in [4.69, 9.17) is 4.74 Å². The van der Waals surface area contributed by atoms with Gasteiger partial charge < -0.3 is 4.74 Å². The van der Waals surface area contributed by atoms with Crippen molar-refractivity contribution in [3.63, 3.8) is 0 Å². The van der Waals surface area contributed by atoms with Gasteiger partial charge in [-0.1, -0.05) is 77.9 Å². The Labute approximate surface area is 145 Å². The van der Waals surface area contributed by atoms with Gasteiger partial charge in [0.15, 0.2) is 0 Å². The molecule has 0 N–H and O–H groups in total. The second kappa shape index (κ2) is 6.80. The summed E-state index contributed by atoms with van der Waals surface area (Å²) in [6, 6.07) is 16.7. The normalized spacial score (nSPS) is 12.1. The van der Waals surface area contributed by atoms with Crippen LogP contribution < -0.4 is 4.74 Å². The molecule has 0 radical (unpaired) electrons. The second-order valence-corrected chi connectivity index (χ2v) is 7.80. The predicted molar refractivity (Wildman–Crippen MR) is 99.6 cm³/mol. The van der Waals surface area contributed by atoms with Gasteiger partial charge in [0.25, 0.3) is 0 Å². The maximum atomic E-state index is 11.4. The van der Waals surface area contributed by atoms with Gasteiger partial charge in [0.2, 0.25) is 0 Å². The van der Waals surface area contributed by atoms with Crippen LogP contribution in [-0.2, 0) is 15.6 Å². The van der Waals surface area contributed by atoms with Crippen LogP contribution in [0, 0.1) is 0 Å². The van der Waals surface area contributed by atoms with Gasteiger partial charge in [-0.2, -0.15) is 0 Å². The largest absolute Gasteiger partial charge is 0.427 e. The topological polar surface area (TPSA) is 26.3 Å². The van der Waals surface area contributed by atoms with Crippen LogP contribution in [0.3, 0.4) is 0 Å². The van der Waals surface area contributed by atoms with E-state index in [0.717, 1.165) is 0 Å². The van der Waals surface area contributed by atoms with E-state index in [-0.39, 0.29) is 16.8 Å². The van der Waals surface area contributed by atoms with E-state index >= 15 is 0 Å². The zero-order chi connectivity index (χ0) is 18.0. The molecule has 2 aromatic rings. The molecule has 0 spiro atoms. The van der Waals surface area contributed by atoms with Crippen molar-refractivity contribution >= 4 is 5.97 Å². The first-order chi connectivity index (χ1) is 11.1. The molecule has 128 valence electrons. The zero-order valence-corrected chi connectivity index (χ0v) is 15.6. The molecule has 0 heterocycles. The van der Waals surface area contributed by atoms with E-state index < -0.39 is 0 Å². The van der Waals surface area contributed by atoms with Gasteiger partial charge in [0.1, 0.15) is 5.75 Å². The molecule has 2 aromatic carbocycles. The maximum Gasteiger partial charge on any atom is 0.310 e. The highest BCUT2D eigenvalue weighted by molar-refractivity contribution is 5.71. The minimum atomic E-state index is -0.209. The fourth-order valence-electron chi connectivity index (χ4n) is 2.70. The highest BCUT2D eigenvalue weighted by Gasteiger charge is 2.24. The molecule has 0 unspecified atom stereocenters. The third-order valence-electron chi connectivity index (χ3n) is 4.57. The van der Waals surface area contributed by atoms with Crippen molar-refractivity contribution in [2.45, 2.75) is 58.8 Å². The van der Waals surface area contributed by atoms with E-state index in [9.17, 15) is 4.79 Å². The Morgan fingerprint density at radius 3 is 1.62 bits per heavy atom. The lowest BCUT2D eigenvalue weighted by Gasteiger charge is -2.27. The molecule has 0 bridgehead atoms. The van der Waals surface area contributed by atoms with Crippen LogP contribution in [0.2, 0.25) is 0 Å². The SMILES string of the molecule is CCC(=O)Oc1ccc(C(C)(C)c2ccc(C(C)(C)C)cc2)cc1. The van der Waals surface area contributed by atoms with Crippen molar-refractivity contribution in [2.24, 2.45) is 0 Å². The summed E-state index contributed by atoms with van der Waals surface area (Å²) in [5.74, 6) is 0.393. The summed E-state index contributed by atoms with van der Waals surface area (Å²) in [4.78, 5) is 11.4. The number of carbonyl (C=O) groups is 1. The molecule has 0 fully saturated rings.